The summed E-state index contributed by atoms with van der Waals surface area (Å²) >= 11 is 2.71. The zero-order chi connectivity index (χ0) is 19.1. The van der Waals surface area contributed by atoms with Gasteiger partial charge in [0.15, 0.2) is 10.2 Å². The van der Waals surface area contributed by atoms with E-state index in [1.165, 1.54) is 23.1 Å². The maximum Gasteiger partial charge on any atom is 0.491 e. The molecule has 1 aromatic heterocycles. The average molecular weight is 390 g/mol. The molecule has 0 radical (unpaired) electrons. The summed E-state index contributed by atoms with van der Waals surface area (Å²) < 4.78 is 13.4. The number of rotatable bonds is 4. The summed E-state index contributed by atoms with van der Waals surface area (Å²) in [6, 6.07) is 5.97. The maximum atomic E-state index is 11.5. The van der Waals surface area contributed by atoms with Gasteiger partial charge < -0.3 is 15.0 Å². The fourth-order valence-electron chi connectivity index (χ4n) is 2.66. The van der Waals surface area contributed by atoms with Crippen LogP contribution in [-0.2, 0) is 14.1 Å². The van der Waals surface area contributed by atoms with Crippen LogP contribution in [0.15, 0.2) is 23.7 Å². The van der Waals surface area contributed by atoms with Gasteiger partial charge in [-0.15, -0.1) is 0 Å². The summed E-state index contributed by atoms with van der Waals surface area (Å²) in [6.45, 7) is 9.64. The molecule has 0 bridgehead atoms. The Morgan fingerprint density at radius 2 is 1.96 bits per heavy atom. The van der Waals surface area contributed by atoms with Gasteiger partial charge in [-0.05, 0) is 39.2 Å². The number of thioether (sulfide) groups is 1. The first-order chi connectivity index (χ1) is 12.1. The predicted molar refractivity (Wildman–Crippen MR) is 111 cm³/mol. The number of para-hydroxylation sites is 1. The van der Waals surface area contributed by atoms with Crippen molar-refractivity contribution in [3.05, 3.63) is 29.2 Å². The number of nitrogens with zero attached hydrogens (tertiary/aromatic N) is 1. The third-order valence-corrected chi connectivity index (χ3v) is 6.54. The van der Waals surface area contributed by atoms with Crippen molar-refractivity contribution >= 4 is 56.8 Å². The van der Waals surface area contributed by atoms with Crippen LogP contribution in [0.2, 0.25) is 0 Å². The van der Waals surface area contributed by atoms with E-state index in [9.17, 15) is 4.79 Å². The molecule has 0 amide bonds. The molecule has 2 heterocycles. The number of aromatic nitrogens is 1. The Morgan fingerprint density at radius 3 is 2.58 bits per heavy atom. The van der Waals surface area contributed by atoms with E-state index in [1.807, 2.05) is 52.0 Å². The summed E-state index contributed by atoms with van der Waals surface area (Å²) in [7, 11) is -0.502. The molecule has 0 unspecified atom stereocenters. The molecule has 0 spiro atoms. The van der Waals surface area contributed by atoms with E-state index in [-0.39, 0.29) is 5.12 Å². The molecule has 3 rings (SSSR count). The molecule has 1 aromatic carbocycles. The number of benzene rings is 1. The maximum absolute atomic E-state index is 11.5. The van der Waals surface area contributed by atoms with Gasteiger partial charge in [-0.25, -0.2) is 4.98 Å². The first kappa shape index (κ1) is 19.4. The summed E-state index contributed by atoms with van der Waals surface area (Å²) in [5, 5.41) is 0.597. The van der Waals surface area contributed by atoms with E-state index in [2.05, 4.69) is 4.98 Å². The van der Waals surface area contributed by atoms with Crippen molar-refractivity contribution < 1.29 is 14.1 Å². The third-order valence-electron chi connectivity index (χ3n) is 4.81. The number of nitrogens with two attached hydrogens (primary N) is 1. The SMILES string of the molecule is CC(=O)SCC(=Cc1cccc2sc(N)nc12)B1OC(C)(C)C(C)(C)O1. The molecule has 0 atom stereocenters. The number of hydrogen-bond donors (Lipinski definition) is 1. The molecule has 8 heteroatoms. The van der Waals surface area contributed by atoms with Crippen LogP contribution in [-0.4, -0.2) is 34.2 Å². The third kappa shape index (κ3) is 3.83. The van der Waals surface area contributed by atoms with E-state index in [0.29, 0.717) is 10.9 Å². The molecule has 1 fully saturated rings. The molecule has 5 nitrogen and oxygen atoms in total. The van der Waals surface area contributed by atoms with Crippen LogP contribution in [0.4, 0.5) is 5.13 Å². The Labute approximate surface area is 162 Å². The summed E-state index contributed by atoms with van der Waals surface area (Å²) in [6.07, 6.45) is 2.01. The Hall–Kier alpha value is -1.35. The van der Waals surface area contributed by atoms with Gasteiger partial charge in [-0.2, -0.15) is 0 Å². The van der Waals surface area contributed by atoms with Crippen LogP contribution >= 0.6 is 23.1 Å². The monoisotopic (exact) mass is 390 g/mol. The van der Waals surface area contributed by atoms with Crippen LogP contribution in [0.3, 0.4) is 0 Å². The smallest absolute Gasteiger partial charge is 0.400 e. The van der Waals surface area contributed by atoms with Crippen molar-refractivity contribution in [3.8, 4) is 0 Å². The Balaban J connectivity index is 2.01. The quantitative estimate of drug-likeness (QED) is 0.790. The fourth-order valence-corrected chi connectivity index (χ4v) is 4.02. The van der Waals surface area contributed by atoms with Gasteiger partial charge >= 0.3 is 7.12 Å². The zero-order valence-electron chi connectivity index (χ0n) is 15.7. The van der Waals surface area contributed by atoms with E-state index in [0.717, 1.165) is 21.3 Å². The van der Waals surface area contributed by atoms with Crippen LogP contribution in [0.25, 0.3) is 16.3 Å². The average Bonchev–Trinajstić information content (AvgIpc) is 3.00. The van der Waals surface area contributed by atoms with E-state index in [4.69, 9.17) is 15.0 Å². The summed E-state index contributed by atoms with van der Waals surface area (Å²) in [5.74, 6) is 0.502. The van der Waals surface area contributed by atoms with Gasteiger partial charge in [0.25, 0.3) is 0 Å². The zero-order valence-corrected chi connectivity index (χ0v) is 17.3. The molecule has 2 aromatic rings. The van der Waals surface area contributed by atoms with E-state index < -0.39 is 18.3 Å². The Kier molecular flexibility index (Phi) is 5.23. The number of thiazole rings is 1. The van der Waals surface area contributed by atoms with Gasteiger partial charge in [0.2, 0.25) is 0 Å². The number of fused-ring (bicyclic) bond motifs is 1. The molecular formula is C18H23BN2O3S2. The number of hydrogen-bond acceptors (Lipinski definition) is 7. The van der Waals surface area contributed by atoms with E-state index in [1.54, 1.807) is 6.92 Å². The number of carbonyl (C=O) groups is 1. The van der Waals surface area contributed by atoms with Gasteiger partial charge in [0.05, 0.1) is 21.4 Å². The van der Waals surface area contributed by atoms with Gasteiger partial charge in [0, 0.05) is 18.2 Å². The number of anilines is 1. The highest BCUT2D eigenvalue weighted by atomic mass is 32.2. The van der Waals surface area contributed by atoms with Gasteiger partial charge in [-0.3, -0.25) is 4.79 Å². The standard InChI is InChI=1S/C18H23BN2O3S2/c1-11(22)25-10-13(19-23-17(2,3)18(4,5)24-19)9-12-7-6-8-14-15(12)21-16(20)26-14/h6-9H,10H2,1-5H3,(H2,20,21). The molecular weight excluding hydrogens is 367 g/mol. The highest BCUT2D eigenvalue weighted by Crippen LogP contribution is 2.39. The summed E-state index contributed by atoms with van der Waals surface area (Å²) in [5.41, 5.74) is 7.71. The minimum Gasteiger partial charge on any atom is -0.400 e. The number of carbonyl (C=O) groups excluding carboxylic acids is 1. The second-order valence-corrected chi connectivity index (χ2v) is 9.55. The van der Waals surface area contributed by atoms with Crippen molar-refractivity contribution in [2.45, 2.75) is 45.8 Å². The van der Waals surface area contributed by atoms with Crippen LogP contribution in [0.1, 0.15) is 40.2 Å². The van der Waals surface area contributed by atoms with Gasteiger partial charge in [0.1, 0.15) is 0 Å². The van der Waals surface area contributed by atoms with Crippen LogP contribution < -0.4 is 5.73 Å². The molecule has 1 aliphatic rings. The minimum absolute atomic E-state index is 0.0588. The normalized spacial score (nSPS) is 19.3. The molecule has 1 saturated heterocycles. The molecule has 138 valence electrons. The molecule has 26 heavy (non-hydrogen) atoms. The van der Waals surface area contributed by atoms with Crippen molar-refractivity contribution in [2.75, 3.05) is 11.5 Å². The molecule has 1 aliphatic heterocycles. The second kappa shape index (κ2) is 7.00. The minimum atomic E-state index is -0.502. The highest BCUT2D eigenvalue weighted by molar-refractivity contribution is 8.13. The Bertz CT molecular complexity index is 860. The molecule has 0 saturated carbocycles. The predicted octanol–water partition coefficient (Wildman–Crippen LogP) is 4.17. The van der Waals surface area contributed by atoms with Crippen molar-refractivity contribution in [1.29, 1.82) is 0 Å². The number of nitrogen functional groups attached to an aromatic ring is 1. The largest absolute Gasteiger partial charge is 0.491 e. The lowest BCUT2D eigenvalue weighted by Gasteiger charge is -2.32. The molecule has 2 N–H and O–H groups in total. The fraction of sp³-hybridized carbons (Fsp3) is 0.444. The lowest BCUT2D eigenvalue weighted by Crippen LogP contribution is -2.41. The highest BCUT2D eigenvalue weighted by Gasteiger charge is 2.52. The first-order valence-electron chi connectivity index (χ1n) is 8.43. The molecule has 0 aliphatic carbocycles. The van der Waals surface area contributed by atoms with Crippen LogP contribution in [0.5, 0.6) is 0 Å². The summed E-state index contributed by atoms with van der Waals surface area (Å²) in [4.78, 5) is 16.0. The lowest BCUT2D eigenvalue weighted by molar-refractivity contribution is -0.109. The second-order valence-electron chi connectivity index (χ2n) is 7.33. The van der Waals surface area contributed by atoms with Gasteiger partial charge in [-0.1, -0.05) is 41.3 Å². The van der Waals surface area contributed by atoms with E-state index >= 15 is 0 Å². The topological polar surface area (TPSA) is 74.4 Å². The van der Waals surface area contributed by atoms with Crippen molar-refractivity contribution in [3.63, 3.8) is 0 Å². The lowest BCUT2D eigenvalue weighted by atomic mass is 9.78. The van der Waals surface area contributed by atoms with Crippen molar-refractivity contribution in [1.82, 2.24) is 4.98 Å². The first-order valence-corrected chi connectivity index (χ1v) is 10.2. The van der Waals surface area contributed by atoms with Crippen LogP contribution in [0, 0.1) is 0 Å². The van der Waals surface area contributed by atoms with Crippen molar-refractivity contribution in [2.24, 2.45) is 0 Å². The Morgan fingerprint density at radius 1 is 1.31 bits per heavy atom.